The Balaban J connectivity index is 2.69. The van der Waals surface area contributed by atoms with Crippen molar-refractivity contribution in [3.8, 4) is 0 Å². The summed E-state index contributed by atoms with van der Waals surface area (Å²) in [7, 11) is 0. The van der Waals surface area contributed by atoms with E-state index in [4.69, 9.17) is 0 Å². The summed E-state index contributed by atoms with van der Waals surface area (Å²) in [5.41, 5.74) is 1.29. The van der Waals surface area contributed by atoms with Crippen LogP contribution in [0.5, 0.6) is 0 Å². The summed E-state index contributed by atoms with van der Waals surface area (Å²) in [4.78, 5) is 1.28. The fourth-order valence-corrected chi connectivity index (χ4v) is 2.05. The maximum atomic E-state index is 3.43. The maximum absolute atomic E-state index is 3.43. The molecule has 0 aliphatic rings. The van der Waals surface area contributed by atoms with E-state index in [-0.39, 0.29) is 0 Å². The molecule has 0 aliphatic heterocycles. The van der Waals surface area contributed by atoms with Gasteiger partial charge < -0.3 is 0 Å². The Morgan fingerprint density at radius 1 is 1.50 bits per heavy atom. The molecule has 2 heteroatoms. The number of thiophene rings is 1. The molecule has 0 aromatic carbocycles. The van der Waals surface area contributed by atoms with Gasteiger partial charge in [0.05, 0.1) is 3.79 Å². The molecule has 0 atom stereocenters. The topological polar surface area (TPSA) is 0 Å². The molecule has 64 valence electrons. The first-order chi connectivity index (χ1) is 5.72. The smallest absolute Gasteiger partial charge is 0.0704 e. The summed E-state index contributed by atoms with van der Waals surface area (Å²) in [6.45, 7) is 4.14. The SMILES string of the molecule is CC=C(C)C=Cc1ccc(Br)s1. The van der Waals surface area contributed by atoms with Crippen LogP contribution in [0.3, 0.4) is 0 Å². The minimum Gasteiger partial charge on any atom is -0.129 e. The molecule has 0 radical (unpaired) electrons. The first-order valence-electron chi connectivity index (χ1n) is 3.78. The van der Waals surface area contributed by atoms with E-state index >= 15 is 0 Å². The number of allylic oxidation sites excluding steroid dienone is 3. The molecule has 0 aliphatic carbocycles. The zero-order valence-electron chi connectivity index (χ0n) is 7.17. The molecule has 0 unspecified atom stereocenters. The van der Waals surface area contributed by atoms with Crippen LogP contribution in [0.15, 0.2) is 33.6 Å². The maximum Gasteiger partial charge on any atom is 0.0704 e. The van der Waals surface area contributed by atoms with Crippen LogP contribution in [0.2, 0.25) is 0 Å². The number of halogens is 1. The van der Waals surface area contributed by atoms with Gasteiger partial charge in [0.2, 0.25) is 0 Å². The second kappa shape index (κ2) is 4.63. The van der Waals surface area contributed by atoms with Gasteiger partial charge in [-0.05, 0) is 48.0 Å². The van der Waals surface area contributed by atoms with Gasteiger partial charge in [0, 0.05) is 4.88 Å². The molecule has 0 saturated carbocycles. The first-order valence-corrected chi connectivity index (χ1v) is 5.39. The summed E-state index contributed by atoms with van der Waals surface area (Å²) in [6.07, 6.45) is 6.35. The molecule has 1 heterocycles. The van der Waals surface area contributed by atoms with E-state index in [1.807, 2.05) is 6.92 Å². The molecule has 1 aromatic rings. The third-order valence-corrected chi connectivity index (χ3v) is 3.15. The number of rotatable bonds is 2. The van der Waals surface area contributed by atoms with Gasteiger partial charge in [0.15, 0.2) is 0 Å². The van der Waals surface area contributed by atoms with E-state index in [1.165, 1.54) is 14.2 Å². The van der Waals surface area contributed by atoms with Crippen molar-refractivity contribution >= 4 is 33.3 Å². The van der Waals surface area contributed by atoms with E-state index in [0.29, 0.717) is 0 Å². The van der Waals surface area contributed by atoms with Crippen molar-refractivity contribution in [1.82, 2.24) is 0 Å². The molecule has 1 aromatic heterocycles. The highest BCUT2D eigenvalue weighted by Gasteiger charge is 1.91. The van der Waals surface area contributed by atoms with Crippen molar-refractivity contribution in [2.45, 2.75) is 13.8 Å². The molecule has 0 nitrogen and oxygen atoms in total. The third-order valence-electron chi connectivity index (χ3n) is 1.56. The molecular formula is C10H11BrS. The summed E-state index contributed by atoms with van der Waals surface area (Å²) in [5.74, 6) is 0. The van der Waals surface area contributed by atoms with Gasteiger partial charge in [-0.15, -0.1) is 11.3 Å². The van der Waals surface area contributed by atoms with Crippen molar-refractivity contribution in [3.63, 3.8) is 0 Å². The highest BCUT2D eigenvalue weighted by molar-refractivity contribution is 9.11. The van der Waals surface area contributed by atoms with E-state index < -0.39 is 0 Å². The van der Waals surface area contributed by atoms with Crippen molar-refractivity contribution in [3.05, 3.63) is 38.5 Å². The van der Waals surface area contributed by atoms with Crippen LogP contribution in [-0.2, 0) is 0 Å². The van der Waals surface area contributed by atoms with Crippen LogP contribution >= 0.6 is 27.3 Å². The minimum atomic E-state index is 1.18. The molecular weight excluding hydrogens is 232 g/mol. The van der Waals surface area contributed by atoms with Crippen molar-refractivity contribution in [2.75, 3.05) is 0 Å². The summed E-state index contributed by atoms with van der Waals surface area (Å²) in [6, 6.07) is 4.17. The minimum absolute atomic E-state index is 1.18. The lowest BCUT2D eigenvalue weighted by Gasteiger charge is -1.86. The Hall–Kier alpha value is -0.340. The van der Waals surface area contributed by atoms with Gasteiger partial charge >= 0.3 is 0 Å². The Bertz CT molecular complexity index is 307. The third kappa shape index (κ3) is 2.95. The second-order valence-electron chi connectivity index (χ2n) is 2.51. The van der Waals surface area contributed by atoms with Crippen LogP contribution in [-0.4, -0.2) is 0 Å². The zero-order valence-corrected chi connectivity index (χ0v) is 9.58. The van der Waals surface area contributed by atoms with Crippen LogP contribution in [0.25, 0.3) is 6.08 Å². The fraction of sp³-hybridized carbons (Fsp3) is 0.200. The van der Waals surface area contributed by atoms with E-state index in [2.05, 4.69) is 53.2 Å². The molecule has 0 spiro atoms. The van der Waals surface area contributed by atoms with Crippen molar-refractivity contribution in [2.24, 2.45) is 0 Å². The van der Waals surface area contributed by atoms with Crippen LogP contribution in [0, 0.1) is 0 Å². The average molecular weight is 243 g/mol. The Labute approximate surface area is 85.7 Å². The monoisotopic (exact) mass is 242 g/mol. The quantitative estimate of drug-likeness (QED) is 0.671. The van der Waals surface area contributed by atoms with Gasteiger partial charge in [0.25, 0.3) is 0 Å². The van der Waals surface area contributed by atoms with Crippen LogP contribution in [0.4, 0.5) is 0 Å². The normalized spacial score (nSPS) is 12.8. The first kappa shape index (κ1) is 9.75. The standard InChI is InChI=1S/C10H11BrS/c1-3-8(2)4-5-9-6-7-10(11)12-9/h3-7H,1-2H3. The van der Waals surface area contributed by atoms with Gasteiger partial charge in [-0.2, -0.15) is 0 Å². The molecule has 12 heavy (non-hydrogen) atoms. The van der Waals surface area contributed by atoms with Crippen LogP contribution in [0.1, 0.15) is 18.7 Å². The molecule has 0 bridgehead atoms. The lowest BCUT2D eigenvalue weighted by molar-refractivity contribution is 1.49. The van der Waals surface area contributed by atoms with Crippen molar-refractivity contribution < 1.29 is 0 Å². The Morgan fingerprint density at radius 2 is 2.25 bits per heavy atom. The Kier molecular flexibility index (Phi) is 3.76. The van der Waals surface area contributed by atoms with E-state index in [1.54, 1.807) is 11.3 Å². The summed E-state index contributed by atoms with van der Waals surface area (Å²) >= 11 is 5.17. The lowest BCUT2D eigenvalue weighted by atomic mass is 10.2. The van der Waals surface area contributed by atoms with Gasteiger partial charge in [-0.3, -0.25) is 0 Å². The lowest BCUT2D eigenvalue weighted by Crippen LogP contribution is -1.63. The van der Waals surface area contributed by atoms with Gasteiger partial charge in [-0.25, -0.2) is 0 Å². The van der Waals surface area contributed by atoms with Crippen molar-refractivity contribution in [1.29, 1.82) is 0 Å². The predicted octanol–water partition coefficient (Wildman–Crippen LogP) is 4.49. The molecule has 0 saturated heterocycles. The van der Waals surface area contributed by atoms with Gasteiger partial charge in [0.1, 0.15) is 0 Å². The largest absolute Gasteiger partial charge is 0.129 e. The fourth-order valence-electron chi connectivity index (χ4n) is 0.728. The molecule has 0 N–H and O–H groups in total. The number of hydrogen-bond donors (Lipinski definition) is 0. The molecule has 0 fully saturated rings. The van der Waals surface area contributed by atoms with Gasteiger partial charge in [-0.1, -0.05) is 17.7 Å². The molecule has 1 rings (SSSR count). The predicted molar refractivity (Wildman–Crippen MR) is 60.5 cm³/mol. The number of hydrogen-bond acceptors (Lipinski definition) is 1. The van der Waals surface area contributed by atoms with E-state index in [9.17, 15) is 0 Å². The highest BCUT2D eigenvalue weighted by Crippen LogP contribution is 2.23. The van der Waals surface area contributed by atoms with E-state index in [0.717, 1.165) is 0 Å². The highest BCUT2D eigenvalue weighted by atomic mass is 79.9. The average Bonchev–Trinajstić information content (AvgIpc) is 2.47. The summed E-state index contributed by atoms with van der Waals surface area (Å²) in [5, 5.41) is 0. The van der Waals surface area contributed by atoms with Crippen LogP contribution < -0.4 is 0 Å². The summed E-state index contributed by atoms with van der Waals surface area (Å²) < 4.78 is 1.18. The Morgan fingerprint density at radius 3 is 2.75 bits per heavy atom. The molecule has 0 amide bonds. The second-order valence-corrected chi connectivity index (χ2v) is 5.00. The zero-order chi connectivity index (χ0) is 8.97.